The van der Waals surface area contributed by atoms with Crippen LogP contribution in [0.1, 0.15) is 5.56 Å². The molecule has 0 aliphatic carbocycles. The molecule has 0 heterocycles. The van der Waals surface area contributed by atoms with Gasteiger partial charge >= 0.3 is 0 Å². The zero-order valence-electron chi connectivity index (χ0n) is 12.9. The Morgan fingerprint density at radius 2 is 1.61 bits per heavy atom. The third-order valence-electron chi connectivity index (χ3n) is 3.06. The van der Waals surface area contributed by atoms with Gasteiger partial charge in [0, 0.05) is 18.2 Å². The Bertz CT molecular complexity index is 695. The van der Waals surface area contributed by atoms with Crippen LogP contribution in [0.2, 0.25) is 0 Å². The molecule has 0 bridgehead atoms. The molecule has 0 radical (unpaired) electrons. The van der Waals surface area contributed by atoms with Crippen molar-refractivity contribution in [2.24, 2.45) is 5.10 Å². The van der Waals surface area contributed by atoms with Gasteiger partial charge in [0.2, 0.25) is 0 Å². The number of anilines is 1. The van der Waals surface area contributed by atoms with Crippen LogP contribution in [0.4, 0.5) is 14.5 Å². The van der Waals surface area contributed by atoms with E-state index in [4.69, 9.17) is 14.2 Å². The summed E-state index contributed by atoms with van der Waals surface area (Å²) in [4.78, 5) is 0. The first-order chi connectivity index (χ1) is 11.1. The second-order valence-corrected chi connectivity index (χ2v) is 4.44. The lowest BCUT2D eigenvalue weighted by Crippen LogP contribution is -2.00. The van der Waals surface area contributed by atoms with E-state index in [2.05, 4.69) is 10.5 Å². The van der Waals surface area contributed by atoms with Crippen LogP contribution in [0.15, 0.2) is 35.4 Å². The van der Waals surface area contributed by atoms with Crippen molar-refractivity contribution in [3.63, 3.8) is 0 Å². The molecule has 0 saturated heterocycles. The van der Waals surface area contributed by atoms with E-state index >= 15 is 0 Å². The number of rotatable bonds is 6. The molecule has 0 saturated carbocycles. The molecular formula is C16H16F2N2O3. The third-order valence-corrected chi connectivity index (χ3v) is 3.06. The second-order valence-electron chi connectivity index (χ2n) is 4.44. The van der Waals surface area contributed by atoms with Crippen LogP contribution >= 0.6 is 0 Å². The summed E-state index contributed by atoms with van der Waals surface area (Å²) in [7, 11) is 4.53. The molecule has 0 amide bonds. The number of hydrogen-bond acceptors (Lipinski definition) is 5. The Morgan fingerprint density at radius 1 is 0.957 bits per heavy atom. The SMILES string of the molecule is COc1cc(OC)c(/C=N\Nc2ccc(F)cc2F)c(OC)c1. The molecule has 1 N–H and O–H groups in total. The largest absolute Gasteiger partial charge is 0.496 e. The number of benzene rings is 2. The van der Waals surface area contributed by atoms with E-state index in [-0.39, 0.29) is 5.69 Å². The van der Waals surface area contributed by atoms with Crippen molar-refractivity contribution in [1.82, 2.24) is 0 Å². The summed E-state index contributed by atoms with van der Waals surface area (Å²) in [6.07, 6.45) is 1.42. The lowest BCUT2D eigenvalue weighted by atomic mass is 10.2. The molecule has 0 unspecified atom stereocenters. The standard InChI is InChI=1S/C16H16F2N2O3/c1-21-11-7-15(22-2)12(16(8-11)23-3)9-19-20-14-5-4-10(17)6-13(14)18/h4-9,20H,1-3H3/b19-9-. The summed E-state index contributed by atoms with van der Waals surface area (Å²) in [6.45, 7) is 0. The Morgan fingerprint density at radius 3 is 2.13 bits per heavy atom. The maximum atomic E-state index is 13.5. The first kappa shape index (κ1) is 16.5. The molecule has 0 aliphatic rings. The van der Waals surface area contributed by atoms with Crippen LogP contribution in [0.3, 0.4) is 0 Å². The molecule has 0 spiro atoms. The lowest BCUT2D eigenvalue weighted by molar-refractivity contribution is 0.374. The molecule has 2 rings (SSSR count). The normalized spacial score (nSPS) is 10.7. The van der Waals surface area contributed by atoms with Crippen molar-refractivity contribution < 1.29 is 23.0 Å². The summed E-state index contributed by atoms with van der Waals surface area (Å²) in [5.41, 5.74) is 3.10. The Labute approximate surface area is 132 Å². The van der Waals surface area contributed by atoms with Crippen molar-refractivity contribution in [1.29, 1.82) is 0 Å². The first-order valence-corrected chi connectivity index (χ1v) is 6.63. The van der Waals surface area contributed by atoms with Crippen molar-refractivity contribution in [3.8, 4) is 17.2 Å². The smallest absolute Gasteiger partial charge is 0.151 e. The highest BCUT2D eigenvalue weighted by Crippen LogP contribution is 2.32. The molecule has 0 aliphatic heterocycles. The minimum absolute atomic E-state index is 0.0501. The molecule has 0 aromatic heterocycles. The fourth-order valence-corrected chi connectivity index (χ4v) is 1.91. The average molecular weight is 322 g/mol. The van der Waals surface area contributed by atoms with Crippen LogP contribution in [-0.2, 0) is 0 Å². The Hall–Kier alpha value is -2.83. The summed E-state index contributed by atoms with van der Waals surface area (Å²) >= 11 is 0. The highest BCUT2D eigenvalue weighted by Gasteiger charge is 2.11. The van der Waals surface area contributed by atoms with Crippen molar-refractivity contribution in [3.05, 3.63) is 47.5 Å². The molecular weight excluding hydrogens is 306 g/mol. The van der Waals surface area contributed by atoms with Crippen molar-refractivity contribution in [2.45, 2.75) is 0 Å². The number of ether oxygens (including phenoxy) is 3. The van der Waals surface area contributed by atoms with Crippen LogP contribution in [-0.4, -0.2) is 27.5 Å². The second kappa shape index (κ2) is 7.44. The van der Waals surface area contributed by atoms with Crippen molar-refractivity contribution in [2.75, 3.05) is 26.8 Å². The zero-order chi connectivity index (χ0) is 16.8. The van der Waals surface area contributed by atoms with Crippen LogP contribution in [0, 0.1) is 11.6 Å². The van der Waals surface area contributed by atoms with E-state index in [0.29, 0.717) is 22.8 Å². The summed E-state index contributed by atoms with van der Waals surface area (Å²) in [5, 5.41) is 3.94. The maximum Gasteiger partial charge on any atom is 0.151 e. The van der Waals surface area contributed by atoms with Gasteiger partial charge in [-0.3, -0.25) is 5.43 Å². The van der Waals surface area contributed by atoms with Gasteiger partial charge in [-0.05, 0) is 12.1 Å². The molecule has 0 fully saturated rings. The van der Waals surface area contributed by atoms with E-state index in [1.807, 2.05) is 0 Å². The summed E-state index contributed by atoms with van der Waals surface area (Å²) in [6, 6.07) is 6.50. The highest BCUT2D eigenvalue weighted by atomic mass is 19.1. The fraction of sp³-hybridized carbons (Fsp3) is 0.188. The van der Waals surface area contributed by atoms with Gasteiger partial charge in [0.1, 0.15) is 23.1 Å². The Balaban J connectivity index is 2.27. The van der Waals surface area contributed by atoms with E-state index in [1.165, 1.54) is 33.6 Å². The number of methoxy groups -OCH3 is 3. The third kappa shape index (κ3) is 3.88. The first-order valence-electron chi connectivity index (χ1n) is 6.63. The number of hydrogen-bond donors (Lipinski definition) is 1. The zero-order valence-corrected chi connectivity index (χ0v) is 12.9. The minimum atomic E-state index is -0.740. The number of nitrogens with zero attached hydrogens (tertiary/aromatic N) is 1. The number of nitrogens with one attached hydrogen (secondary N) is 1. The van der Waals surface area contributed by atoms with E-state index < -0.39 is 11.6 Å². The predicted molar refractivity (Wildman–Crippen MR) is 83.7 cm³/mol. The highest BCUT2D eigenvalue weighted by molar-refractivity contribution is 5.88. The number of hydrazone groups is 1. The van der Waals surface area contributed by atoms with Gasteiger partial charge in [-0.1, -0.05) is 0 Å². The van der Waals surface area contributed by atoms with Gasteiger partial charge in [0.05, 0.1) is 38.8 Å². The van der Waals surface area contributed by atoms with E-state index in [0.717, 1.165) is 12.1 Å². The maximum absolute atomic E-state index is 13.5. The van der Waals surface area contributed by atoms with Gasteiger partial charge < -0.3 is 14.2 Å². The molecule has 23 heavy (non-hydrogen) atoms. The number of halogens is 2. The van der Waals surface area contributed by atoms with Crippen LogP contribution in [0.25, 0.3) is 0 Å². The predicted octanol–water partition coefficient (Wildman–Crippen LogP) is 3.44. The monoisotopic (exact) mass is 322 g/mol. The van der Waals surface area contributed by atoms with Gasteiger partial charge in [0.25, 0.3) is 0 Å². The molecule has 7 heteroatoms. The average Bonchev–Trinajstić information content (AvgIpc) is 2.56. The van der Waals surface area contributed by atoms with Crippen molar-refractivity contribution >= 4 is 11.9 Å². The summed E-state index contributed by atoms with van der Waals surface area (Å²) < 4.78 is 42.1. The molecule has 0 atom stereocenters. The molecule has 122 valence electrons. The fourth-order valence-electron chi connectivity index (χ4n) is 1.91. The van der Waals surface area contributed by atoms with Crippen LogP contribution < -0.4 is 19.6 Å². The summed E-state index contributed by atoms with van der Waals surface area (Å²) in [5.74, 6) is 0.123. The molecule has 5 nitrogen and oxygen atoms in total. The Kier molecular flexibility index (Phi) is 5.35. The van der Waals surface area contributed by atoms with Gasteiger partial charge in [0.15, 0.2) is 5.82 Å². The van der Waals surface area contributed by atoms with Gasteiger partial charge in [-0.25, -0.2) is 8.78 Å². The quantitative estimate of drug-likeness (QED) is 0.654. The van der Waals surface area contributed by atoms with E-state index in [1.54, 1.807) is 12.1 Å². The minimum Gasteiger partial charge on any atom is -0.496 e. The van der Waals surface area contributed by atoms with Crippen LogP contribution in [0.5, 0.6) is 17.2 Å². The van der Waals surface area contributed by atoms with Gasteiger partial charge in [-0.15, -0.1) is 0 Å². The lowest BCUT2D eigenvalue weighted by Gasteiger charge is -2.12. The molecule has 2 aromatic carbocycles. The topological polar surface area (TPSA) is 52.1 Å². The molecule has 2 aromatic rings. The van der Waals surface area contributed by atoms with E-state index in [9.17, 15) is 8.78 Å². The van der Waals surface area contributed by atoms with Gasteiger partial charge in [-0.2, -0.15) is 5.10 Å².